The molecule has 1 spiro atoms. The highest BCUT2D eigenvalue weighted by molar-refractivity contribution is 5.73. The minimum atomic E-state index is -0.411. The third-order valence-corrected chi connectivity index (χ3v) is 2.86. The zero-order valence-electron chi connectivity index (χ0n) is 8.12. The van der Waals surface area contributed by atoms with Gasteiger partial charge in [-0.15, -0.1) is 0 Å². The maximum absolute atomic E-state index is 11.2. The highest BCUT2D eigenvalue weighted by atomic mass is 16.6. The van der Waals surface area contributed by atoms with Crippen molar-refractivity contribution in [2.24, 2.45) is 0 Å². The second kappa shape index (κ2) is 3.15. The lowest BCUT2D eigenvalue weighted by Crippen LogP contribution is -2.35. The van der Waals surface area contributed by atoms with Crippen LogP contribution in [0.2, 0.25) is 0 Å². The number of ether oxygens (including phenoxy) is 2. The minimum Gasteiger partial charge on any atom is -0.457 e. The Morgan fingerprint density at radius 3 is 2.93 bits per heavy atom. The molecule has 2 heterocycles. The first kappa shape index (κ1) is 9.30. The Kier molecular flexibility index (Phi) is 2.09. The van der Waals surface area contributed by atoms with Gasteiger partial charge in [0.2, 0.25) is 0 Å². The molecule has 0 aromatic carbocycles. The summed E-state index contributed by atoms with van der Waals surface area (Å²) in [5.41, 5.74) is -0.411. The molecule has 0 radical (unpaired) electrons. The largest absolute Gasteiger partial charge is 0.457 e. The molecule has 5 heteroatoms. The standard InChI is InChI=1S/C9H13NO4/c1-13-8(12)10-5-4-9(6-10)3-2-7(11)14-9/h2-6H2,1H3. The summed E-state index contributed by atoms with van der Waals surface area (Å²) >= 11 is 0. The molecule has 0 aromatic rings. The van der Waals surface area contributed by atoms with Gasteiger partial charge in [-0.1, -0.05) is 0 Å². The van der Waals surface area contributed by atoms with Gasteiger partial charge >= 0.3 is 12.1 Å². The number of carbonyl (C=O) groups excluding carboxylic acids is 2. The van der Waals surface area contributed by atoms with Gasteiger partial charge in [0.25, 0.3) is 0 Å². The number of hydrogen-bond acceptors (Lipinski definition) is 4. The molecule has 5 nitrogen and oxygen atoms in total. The van der Waals surface area contributed by atoms with E-state index in [9.17, 15) is 9.59 Å². The van der Waals surface area contributed by atoms with Crippen LogP contribution in [0.5, 0.6) is 0 Å². The number of amides is 1. The highest BCUT2D eigenvalue weighted by Crippen LogP contribution is 2.35. The summed E-state index contributed by atoms with van der Waals surface area (Å²) in [6, 6.07) is 0. The van der Waals surface area contributed by atoms with E-state index in [-0.39, 0.29) is 12.1 Å². The van der Waals surface area contributed by atoms with Gasteiger partial charge in [-0.2, -0.15) is 0 Å². The summed E-state index contributed by atoms with van der Waals surface area (Å²) in [7, 11) is 1.36. The third kappa shape index (κ3) is 1.42. The molecule has 0 bridgehead atoms. The number of likely N-dealkylation sites (tertiary alicyclic amines) is 1. The van der Waals surface area contributed by atoms with Crippen molar-refractivity contribution >= 4 is 12.1 Å². The van der Waals surface area contributed by atoms with Gasteiger partial charge in [0.15, 0.2) is 0 Å². The average Bonchev–Trinajstić information content (AvgIpc) is 2.74. The Bertz CT molecular complexity index is 278. The molecule has 2 rings (SSSR count). The summed E-state index contributed by atoms with van der Waals surface area (Å²) in [4.78, 5) is 23.8. The zero-order valence-corrected chi connectivity index (χ0v) is 8.12. The third-order valence-electron chi connectivity index (χ3n) is 2.86. The van der Waals surface area contributed by atoms with E-state index in [1.807, 2.05) is 0 Å². The van der Waals surface area contributed by atoms with Gasteiger partial charge < -0.3 is 14.4 Å². The number of carbonyl (C=O) groups is 2. The fourth-order valence-corrected chi connectivity index (χ4v) is 2.09. The summed E-state index contributed by atoms with van der Waals surface area (Å²) in [6.45, 7) is 1.09. The minimum absolute atomic E-state index is 0.156. The van der Waals surface area contributed by atoms with Crippen LogP contribution in [0.1, 0.15) is 19.3 Å². The molecular weight excluding hydrogens is 186 g/mol. The van der Waals surface area contributed by atoms with Crippen molar-refractivity contribution in [2.45, 2.75) is 24.9 Å². The lowest BCUT2D eigenvalue weighted by atomic mass is 10.00. The summed E-state index contributed by atoms with van der Waals surface area (Å²) in [6.07, 6.45) is 1.58. The van der Waals surface area contributed by atoms with Crippen molar-refractivity contribution in [1.29, 1.82) is 0 Å². The Hall–Kier alpha value is -1.26. The van der Waals surface area contributed by atoms with Crippen LogP contribution < -0.4 is 0 Å². The van der Waals surface area contributed by atoms with Crippen LogP contribution >= 0.6 is 0 Å². The predicted molar refractivity (Wildman–Crippen MR) is 46.7 cm³/mol. The van der Waals surface area contributed by atoms with Crippen molar-refractivity contribution in [1.82, 2.24) is 4.90 Å². The molecule has 2 saturated heterocycles. The van der Waals surface area contributed by atoms with Crippen molar-refractivity contribution in [3.8, 4) is 0 Å². The summed E-state index contributed by atoms with van der Waals surface area (Å²) < 4.78 is 9.86. The molecule has 1 unspecified atom stereocenters. The Morgan fingerprint density at radius 2 is 2.36 bits per heavy atom. The van der Waals surface area contributed by atoms with Gasteiger partial charge in [-0.3, -0.25) is 4.79 Å². The first-order chi connectivity index (χ1) is 6.65. The van der Waals surface area contributed by atoms with Crippen molar-refractivity contribution in [3.05, 3.63) is 0 Å². The highest BCUT2D eigenvalue weighted by Gasteiger charge is 2.47. The second-order valence-corrected chi connectivity index (χ2v) is 3.80. The van der Waals surface area contributed by atoms with Crippen molar-refractivity contribution in [2.75, 3.05) is 20.2 Å². The molecular formula is C9H13NO4. The number of hydrogen-bond donors (Lipinski definition) is 0. The quantitative estimate of drug-likeness (QED) is 0.534. The van der Waals surface area contributed by atoms with Crippen LogP contribution in [-0.4, -0.2) is 42.8 Å². The molecule has 2 aliphatic rings. The van der Waals surface area contributed by atoms with Crippen molar-refractivity contribution in [3.63, 3.8) is 0 Å². The van der Waals surface area contributed by atoms with Crippen LogP contribution in [0, 0.1) is 0 Å². The van der Waals surface area contributed by atoms with Crippen LogP contribution in [0.25, 0.3) is 0 Å². The number of rotatable bonds is 0. The second-order valence-electron chi connectivity index (χ2n) is 3.80. The Morgan fingerprint density at radius 1 is 1.57 bits per heavy atom. The Labute approximate surface area is 82.0 Å². The SMILES string of the molecule is COC(=O)N1CCC2(CCC(=O)O2)C1. The van der Waals surface area contributed by atoms with Gasteiger partial charge in [0.1, 0.15) is 5.60 Å². The van der Waals surface area contributed by atoms with Crippen LogP contribution in [0.15, 0.2) is 0 Å². The van der Waals surface area contributed by atoms with E-state index in [0.29, 0.717) is 19.5 Å². The topological polar surface area (TPSA) is 55.8 Å². The normalized spacial score (nSPS) is 30.9. The van der Waals surface area contributed by atoms with E-state index in [1.54, 1.807) is 4.90 Å². The molecule has 0 aliphatic carbocycles. The van der Waals surface area contributed by atoms with Gasteiger partial charge in [-0.05, 0) is 6.42 Å². The molecule has 2 aliphatic heterocycles. The van der Waals surface area contributed by atoms with E-state index in [2.05, 4.69) is 4.74 Å². The Balaban J connectivity index is 2.00. The molecule has 14 heavy (non-hydrogen) atoms. The molecule has 0 N–H and O–H groups in total. The van der Waals surface area contributed by atoms with Gasteiger partial charge in [0.05, 0.1) is 13.7 Å². The van der Waals surface area contributed by atoms with Gasteiger partial charge in [0, 0.05) is 19.4 Å². The molecule has 1 atom stereocenters. The fraction of sp³-hybridized carbons (Fsp3) is 0.778. The molecule has 0 saturated carbocycles. The molecule has 0 aromatic heterocycles. The monoisotopic (exact) mass is 199 g/mol. The lowest BCUT2D eigenvalue weighted by Gasteiger charge is -2.21. The number of nitrogens with zero attached hydrogens (tertiary/aromatic N) is 1. The maximum Gasteiger partial charge on any atom is 0.409 e. The molecule has 78 valence electrons. The smallest absolute Gasteiger partial charge is 0.409 e. The van der Waals surface area contributed by atoms with E-state index in [1.165, 1.54) is 7.11 Å². The molecule has 1 amide bonds. The average molecular weight is 199 g/mol. The van der Waals surface area contributed by atoms with Gasteiger partial charge in [-0.25, -0.2) is 4.79 Å². The zero-order chi connectivity index (χ0) is 10.2. The maximum atomic E-state index is 11.2. The summed E-state index contributed by atoms with van der Waals surface area (Å²) in [5.74, 6) is -0.156. The van der Waals surface area contributed by atoms with E-state index in [4.69, 9.17) is 4.74 Å². The first-order valence-electron chi connectivity index (χ1n) is 4.70. The van der Waals surface area contributed by atoms with E-state index in [0.717, 1.165) is 12.8 Å². The fourth-order valence-electron chi connectivity index (χ4n) is 2.09. The van der Waals surface area contributed by atoms with Crippen molar-refractivity contribution < 1.29 is 19.1 Å². The summed E-state index contributed by atoms with van der Waals surface area (Å²) in [5, 5.41) is 0. The first-order valence-corrected chi connectivity index (χ1v) is 4.70. The molecule has 2 fully saturated rings. The number of esters is 1. The van der Waals surface area contributed by atoms with Crippen LogP contribution in [0.4, 0.5) is 4.79 Å². The van der Waals surface area contributed by atoms with E-state index >= 15 is 0 Å². The van der Waals surface area contributed by atoms with E-state index < -0.39 is 5.60 Å². The number of methoxy groups -OCH3 is 1. The van der Waals surface area contributed by atoms with Crippen LogP contribution in [0.3, 0.4) is 0 Å². The lowest BCUT2D eigenvalue weighted by molar-refractivity contribution is -0.147. The predicted octanol–water partition coefficient (Wildman–Crippen LogP) is 0.534. The van der Waals surface area contributed by atoms with Crippen LogP contribution in [-0.2, 0) is 14.3 Å².